The first kappa shape index (κ1) is 18.3. The van der Waals surface area contributed by atoms with Crippen molar-refractivity contribution in [3.8, 4) is 5.75 Å². The van der Waals surface area contributed by atoms with Gasteiger partial charge < -0.3 is 28.4 Å². The van der Waals surface area contributed by atoms with Crippen LogP contribution < -0.4 is 4.74 Å². The number of esters is 1. The molecule has 3 aliphatic rings. The first-order valence-corrected chi connectivity index (χ1v) is 9.27. The smallest absolute Gasteiger partial charge is 0.343 e. The molecule has 7 nitrogen and oxygen atoms in total. The van der Waals surface area contributed by atoms with Gasteiger partial charge in [0.1, 0.15) is 24.1 Å². The molecular weight excluding hydrogens is 408 g/mol. The summed E-state index contributed by atoms with van der Waals surface area (Å²) in [6, 6.07) is 6.97. The Kier molecular flexibility index (Phi) is 4.41. The topological polar surface area (TPSA) is 72.5 Å². The van der Waals surface area contributed by atoms with E-state index in [-0.39, 0.29) is 0 Å². The number of hydrogen-bond acceptors (Lipinski definition) is 7. The van der Waals surface area contributed by atoms with Crippen LogP contribution in [0.3, 0.4) is 0 Å². The molecule has 26 heavy (non-hydrogen) atoms. The van der Waals surface area contributed by atoms with Crippen LogP contribution in [0.4, 0.5) is 0 Å². The Balaban J connectivity index is 1.57. The van der Waals surface area contributed by atoms with Crippen LogP contribution >= 0.6 is 15.9 Å². The van der Waals surface area contributed by atoms with E-state index in [1.165, 1.54) is 0 Å². The fraction of sp³-hybridized carbons (Fsp3) is 0.611. The Hall–Kier alpha value is -1.03. The molecule has 1 aromatic rings. The largest absolute Gasteiger partial charge is 0.425 e. The third kappa shape index (κ3) is 3.42. The van der Waals surface area contributed by atoms with Gasteiger partial charge in [0.15, 0.2) is 24.0 Å². The van der Waals surface area contributed by atoms with Gasteiger partial charge in [0, 0.05) is 4.47 Å². The molecule has 0 unspecified atom stereocenters. The van der Waals surface area contributed by atoms with Crippen molar-refractivity contribution in [2.75, 3.05) is 0 Å². The molecule has 0 radical (unpaired) electrons. The molecule has 3 saturated heterocycles. The van der Waals surface area contributed by atoms with E-state index >= 15 is 0 Å². The van der Waals surface area contributed by atoms with Gasteiger partial charge in [-0.05, 0) is 52.0 Å². The lowest BCUT2D eigenvalue weighted by Crippen LogP contribution is -2.58. The van der Waals surface area contributed by atoms with Gasteiger partial charge in [0.2, 0.25) is 0 Å². The molecule has 0 aliphatic carbocycles. The summed E-state index contributed by atoms with van der Waals surface area (Å²) >= 11 is 3.35. The molecule has 4 rings (SSSR count). The highest BCUT2D eigenvalue weighted by Crippen LogP contribution is 2.44. The second kappa shape index (κ2) is 6.25. The van der Waals surface area contributed by atoms with E-state index in [0.29, 0.717) is 5.75 Å². The van der Waals surface area contributed by atoms with E-state index in [1.807, 2.05) is 0 Å². The number of halogens is 1. The van der Waals surface area contributed by atoms with E-state index in [9.17, 15) is 4.79 Å². The van der Waals surface area contributed by atoms with Gasteiger partial charge in [-0.15, -0.1) is 0 Å². The number of benzene rings is 1. The molecule has 3 heterocycles. The summed E-state index contributed by atoms with van der Waals surface area (Å²) in [7, 11) is 0. The van der Waals surface area contributed by atoms with Crippen molar-refractivity contribution in [1.82, 2.24) is 0 Å². The van der Waals surface area contributed by atoms with Crippen molar-refractivity contribution in [3.05, 3.63) is 28.7 Å². The fourth-order valence-electron chi connectivity index (χ4n) is 3.48. The molecular formula is C18H21BrO7. The molecule has 3 aliphatic heterocycles. The summed E-state index contributed by atoms with van der Waals surface area (Å²) in [6.07, 6.45) is -3.33. The number of fused-ring (bicyclic) bond motifs is 3. The second-order valence-corrected chi connectivity index (χ2v) is 8.38. The van der Waals surface area contributed by atoms with Crippen molar-refractivity contribution in [2.45, 2.75) is 70.0 Å². The highest BCUT2D eigenvalue weighted by molar-refractivity contribution is 9.10. The molecule has 0 bridgehead atoms. The molecule has 0 N–H and O–H groups in total. The highest BCUT2D eigenvalue weighted by Gasteiger charge is 2.62. The number of ether oxygens (including phenoxy) is 6. The average molecular weight is 429 g/mol. The molecule has 0 spiro atoms. The predicted octanol–water partition coefficient (Wildman–Crippen LogP) is 2.75. The summed E-state index contributed by atoms with van der Waals surface area (Å²) in [5, 5.41) is 0. The maximum absolute atomic E-state index is 12.8. The minimum Gasteiger partial charge on any atom is -0.425 e. The Labute approximate surface area is 160 Å². The lowest BCUT2D eigenvalue weighted by molar-refractivity contribution is -0.236. The monoisotopic (exact) mass is 428 g/mol. The molecule has 5 atom stereocenters. The molecule has 1 aromatic carbocycles. The number of carbonyl (C=O) groups excluding carboxylic acids is 1. The van der Waals surface area contributed by atoms with Gasteiger partial charge in [0.05, 0.1) is 0 Å². The third-order valence-corrected chi connectivity index (χ3v) is 4.95. The van der Waals surface area contributed by atoms with Crippen LogP contribution in [0.2, 0.25) is 0 Å². The van der Waals surface area contributed by atoms with Crippen LogP contribution in [0.5, 0.6) is 5.75 Å². The summed E-state index contributed by atoms with van der Waals surface area (Å²) in [5.41, 5.74) is 0. The predicted molar refractivity (Wildman–Crippen MR) is 92.3 cm³/mol. The van der Waals surface area contributed by atoms with Crippen LogP contribution in [0.1, 0.15) is 27.7 Å². The van der Waals surface area contributed by atoms with E-state index in [0.717, 1.165) is 4.47 Å². The number of carbonyl (C=O) groups is 1. The van der Waals surface area contributed by atoms with Crippen LogP contribution in [0.15, 0.2) is 28.7 Å². The number of hydrogen-bond donors (Lipinski definition) is 0. The molecule has 8 heteroatoms. The third-order valence-electron chi connectivity index (χ3n) is 4.42. The lowest BCUT2D eigenvalue weighted by atomic mass is 9.99. The lowest BCUT2D eigenvalue weighted by Gasteiger charge is -2.35. The van der Waals surface area contributed by atoms with E-state index < -0.39 is 48.2 Å². The maximum Gasteiger partial charge on any atom is 0.343 e. The fourth-order valence-corrected chi connectivity index (χ4v) is 3.74. The Morgan fingerprint density at radius 1 is 0.923 bits per heavy atom. The van der Waals surface area contributed by atoms with E-state index in [4.69, 9.17) is 28.4 Å². The molecule has 0 amide bonds. The van der Waals surface area contributed by atoms with Gasteiger partial charge in [-0.3, -0.25) is 0 Å². The van der Waals surface area contributed by atoms with Gasteiger partial charge in [-0.25, -0.2) is 4.79 Å². The summed E-state index contributed by atoms with van der Waals surface area (Å²) in [5.74, 6) is -1.83. The van der Waals surface area contributed by atoms with Gasteiger partial charge >= 0.3 is 5.97 Å². The van der Waals surface area contributed by atoms with Crippen molar-refractivity contribution in [3.63, 3.8) is 0 Å². The summed E-state index contributed by atoms with van der Waals surface area (Å²) in [6.45, 7) is 7.16. The highest BCUT2D eigenvalue weighted by atomic mass is 79.9. The first-order chi connectivity index (χ1) is 12.1. The zero-order valence-electron chi connectivity index (χ0n) is 14.9. The SMILES string of the molecule is CC1(C)O[C@@H]2O[C@@H](C(=O)Oc3ccc(Br)cc3)[C@H]3OC(C)(C)O[C@H]3[C@H]2O1. The van der Waals surface area contributed by atoms with E-state index in [2.05, 4.69) is 15.9 Å². The van der Waals surface area contributed by atoms with Gasteiger partial charge in [-0.2, -0.15) is 0 Å². The maximum atomic E-state index is 12.8. The minimum atomic E-state index is -0.982. The molecule has 142 valence electrons. The Morgan fingerprint density at radius 2 is 1.50 bits per heavy atom. The average Bonchev–Trinajstić information content (AvgIpc) is 3.02. The van der Waals surface area contributed by atoms with Crippen LogP contribution in [-0.2, 0) is 28.5 Å². The Bertz CT molecular complexity index is 702. The first-order valence-electron chi connectivity index (χ1n) is 8.48. The van der Waals surface area contributed by atoms with Crippen molar-refractivity contribution in [2.24, 2.45) is 0 Å². The van der Waals surface area contributed by atoms with E-state index in [1.54, 1.807) is 52.0 Å². The number of rotatable bonds is 2. The van der Waals surface area contributed by atoms with Crippen molar-refractivity contribution in [1.29, 1.82) is 0 Å². The van der Waals surface area contributed by atoms with Gasteiger partial charge in [0.25, 0.3) is 0 Å². The van der Waals surface area contributed by atoms with Crippen LogP contribution in [-0.4, -0.2) is 48.2 Å². The van der Waals surface area contributed by atoms with Crippen molar-refractivity contribution < 1.29 is 33.2 Å². The van der Waals surface area contributed by atoms with Crippen LogP contribution in [0.25, 0.3) is 0 Å². The standard InChI is InChI=1S/C18H21BrO7/c1-17(2)23-11-12(24-17)14-16(26-18(3,4)25-14)22-13(11)15(20)21-10-7-5-9(19)6-8-10/h5-8,11-14,16H,1-4H3/t11-,12+,13+,14+,16-/m0/s1. The normalized spacial score (nSPS) is 37.0. The molecule has 3 fully saturated rings. The second-order valence-electron chi connectivity index (χ2n) is 7.47. The zero-order valence-corrected chi connectivity index (χ0v) is 16.5. The summed E-state index contributed by atoms with van der Waals surface area (Å²) < 4.78 is 35.8. The molecule has 0 aromatic heterocycles. The quantitative estimate of drug-likeness (QED) is 0.529. The zero-order chi connectivity index (χ0) is 18.7. The van der Waals surface area contributed by atoms with Gasteiger partial charge in [-0.1, -0.05) is 15.9 Å². The minimum absolute atomic E-state index is 0.419. The Morgan fingerprint density at radius 3 is 2.19 bits per heavy atom. The molecule has 0 saturated carbocycles. The van der Waals surface area contributed by atoms with Crippen LogP contribution in [0, 0.1) is 0 Å². The summed E-state index contributed by atoms with van der Waals surface area (Å²) in [4.78, 5) is 12.8. The van der Waals surface area contributed by atoms with Crippen molar-refractivity contribution >= 4 is 21.9 Å².